The molecule has 0 aromatic heterocycles. The van der Waals surface area contributed by atoms with Crippen molar-refractivity contribution in [2.75, 3.05) is 25.4 Å². The van der Waals surface area contributed by atoms with E-state index in [4.69, 9.17) is 0 Å². The van der Waals surface area contributed by atoms with Crippen LogP contribution in [0.15, 0.2) is 29.2 Å². The molecule has 0 radical (unpaired) electrons. The molecular formula is C15H20N2O4S. The first-order valence-electron chi connectivity index (χ1n) is 7.60. The Kier molecular flexibility index (Phi) is 3.94. The molecule has 1 aliphatic heterocycles. The Bertz CT molecular complexity index is 665. The summed E-state index contributed by atoms with van der Waals surface area (Å²) in [5, 5.41) is 10.6. The zero-order valence-corrected chi connectivity index (χ0v) is 13.2. The van der Waals surface area contributed by atoms with Gasteiger partial charge >= 0.3 is 0 Å². The van der Waals surface area contributed by atoms with E-state index in [1.54, 1.807) is 0 Å². The molecule has 0 atom stereocenters. The molecule has 1 aliphatic carbocycles. The van der Waals surface area contributed by atoms with E-state index in [2.05, 4.69) is 4.90 Å². The molecule has 2 aliphatic rings. The van der Waals surface area contributed by atoms with Gasteiger partial charge in [0, 0.05) is 25.2 Å². The van der Waals surface area contributed by atoms with Crippen LogP contribution in [0, 0.1) is 15.5 Å². The lowest BCUT2D eigenvalue weighted by Crippen LogP contribution is -2.34. The van der Waals surface area contributed by atoms with E-state index in [-0.39, 0.29) is 16.3 Å². The molecule has 1 saturated heterocycles. The zero-order valence-electron chi connectivity index (χ0n) is 12.4. The maximum atomic E-state index is 12.3. The molecule has 0 N–H and O–H groups in total. The molecular weight excluding hydrogens is 304 g/mol. The van der Waals surface area contributed by atoms with Crippen LogP contribution in [0.4, 0.5) is 5.69 Å². The number of hydrogen-bond acceptors (Lipinski definition) is 5. The van der Waals surface area contributed by atoms with Gasteiger partial charge in [-0.15, -0.1) is 0 Å². The van der Waals surface area contributed by atoms with Gasteiger partial charge in [0.05, 0.1) is 15.6 Å². The number of benzene rings is 1. The molecule has 0 amide bonds. The van der Waals surface area contributed by atoms with Crippen molar-refractivity contribution in [3.8, 4) is 0 Å². The minimum absolute atomic E-state index is 0.0703. The van der Waals surface area contributed by atoms with Gasteiger partial charge in [-0.2, -0.15) is 0 Å². The number of likely N-dealkylation sites (tertiary alicyclic amines) is 1. The van der Waals surface area contributed by atoms with E-state index >= 15 is 0 Å². The predicted molar refractivity (Wildman–Crippen MR) is 82.5 cm³/mol. The highest BCUT2D eigenvalue weighted by molar-refractivity contribution is 7.91. The largest absolute Gasteiger partial charge is 0.302 e. The predicted octanol–water partition coefficient (Wildman–Crippen LogP) is 2.24. The molecule has 0 unspecified atom stereocenters. The quantitative estimate of drug-likeness (QED) is 0.613. The first-order chi connectivity index (χ1) is 10.4. The summed E-state index contributed by atoms with van der Waals surface area (Å²) < 4.78 is 24.6. The van der Waals surface area contributed by atoms with Crippen molar-refractivity contribution in [2.24, 2.45) is 5.41 Å². The van der Waals surface area contributed by atoms with Crippen LogP contribution in [0.2, 0.25) is 0 Å². The summed E-state index contributed by atoms with van der Waals surface area (Å²) in [5.41, 5.74) is 0.377. The van der Waals surface area contributed by atoms with Crippen molar-refractivity contribution in [2.45, 2.75) is 30.6 Å². The minimum Gasteiger partial charge on any atom is -0.302 e. The molecule has 7 heteroatoms. The second-order valence-electron chi connectivity index (χ2n) is 6.45. The van der Waals surface area contributed by atoms with Gasteiger partial charge in [0.15, 0.2) is 9.84 Å². The third-order valence-corrected chi connectivity index (χ3v) is 6.72. The number of nitro benzene ring substituents is 1. The topological polar surface area (TPSA) is 80.5 Å². The zero-order chi connectivity index (χ0) is 15.8. The van der Waals surface area contributed by atoms with Gasteiger partial charge in [0.2, 0.25) is 0 Å². The van der Waals surface area contributed by atoms with E-state index in [9.17, 15) is 18.5 Å². The number of nitro groups is 1. The van der Waals surface area contributed by atoms with Crippen LogP contribution >= 0.6 is 0 Å². The summed E-state index contributed by atoms with van der Waals surface area (Å²) in [6, 6.07) is 5.13. The molecule has 22 heavy (non-hydrogen) atoms. The Morgan fingerprint density at radius 3 is 2.36 bits per heavy atom. The Hall–Kier alpha value is -1.47. The lowest BCUT2D eigenvalue weighted by atomic mass is 9.68. The van der Waals surface area contributed by atoms with E-state index in [1.807, 2.05) is 0 Å². The van der Waals surface area contributed by atoms with E-state index in [0.717, 1.165) is 13.1 Å². The van der Waals surface area contributed by atoms with Gasteiger partial charge in [0.1, 0.15) is 0 Å². The summed E-state index contributed by atoms with van der Waals surface area (Å²) in [6.07, 6.45) is 5.04. The van der Waals surface area contributed by atoms with Gasteiger partial charge in [-0.1, -0.05) is 6.42 Å². The summed E-state index contributed by atoms with van der Waals surface area (Å²) >= 11 is 0. The third kappa shape index (κ3) is 3.01. The lowest BCUT2D eigenvalue weighted by molar-refractivity contribution is -0.384. The number of non-ortho nitro benzene ring substituents is 1. The monoisotopic (exact) mass is 324 g/mol. The van der Waals surface area contributed by atoms with Crippen molar-refractivity contribution in [1.29, 1.82) is 0 Å². The molecule has 120 valence electrons. The minimum atomic E-state index is -3.38. The fourth-order valence-corrected chi connectivity index (χ4v) is 4.73. The molecule has 1 spiro atoms. The molecule has 1 aromatic rings. The first kappa shape index (κ1) is 15.4. The van der Waals surface area contributed by atoms with E-state index in [1.165, 1.54) is 49.9 Å². The Labute approximate surface area is 130 Å². The molecule has 1 aromatic carbocycles. The van der Waals surface area contributed by atoms with Gasteiger partial charge in [-0.25, -0.2) is 8.42 Å². The average Bonchev–Trinajstić information content (AvgIpc) is 2.90. The molecule has 0 bridgehead atoms. The van der Waals surface area contributed by atoms with Gasteiger partial charge in [-0.05, 0) is 43.4 Å². The van der Waals surface area contributed by atoms with Gasteiger partial charge in [-0.3, -0.25) is 10.1 Å². The first-order valence-corrected chi connectivity index (χ1v) is 9.25. The Balaban J connectivity index is 1.60. The molecule has 1 heterocycles. The number of sulfone groups is 1. The van der Waals surface area contributed by atoms with Crippen molar-refractivity contribution in [3.63, 3.8) is 0 Å². The third-order valence-electron chi connectivity index (χ3n) is 5.01. The molecule has 1 saturated carbocycles. The maximum Gasteiger partial charge on any atom is 0.269 e. The van der Waals surface area contributed by atoms with Crippen molar-refractivity contribution in [3.05, 3.63) is 34.4 Å². The summed E-state index contributed by atoms with van der Waals surface area (Å²) in [5.74, 6) is 0.0703. The normalized spacial score (nSPS) is 20.9. The Morgan fingerprint density at radius 1 is 1.18 bits per heavy atom. The Morgan fingerprint density at radius 2 is 1.86 bits per heavy atom. The SMILES string of the molecule is O=[N+]([O-])c1ccc(S(=O)(=O)CCN2CCC3(CCC3)C2)cc1. The second kappa shape index (κ2) is 5.62. The summed E-state index contributed by atoms with van der Waals surface area (Å²) in [7, 11) is -3.38. The standard InChI is InChI=1S/C15H20N2O4S/c18-17(19)13-2-4-14(5-3-13)22(20,21)11-10-16-9-8-15(12-16)6-1-7-15/h2-5H,1,6-12H2. The van der Waals surface area contributed by atoms with Gasteiger partial charge < -0.3 is 4.90 Å². The smallest absolute Gasteiger partial charge is 0.269 e. The fourth-order valence-electron chi connectivity index (χ4n) is 3.45. The van der Waals surface area contributed by atoms with Crippen molar-refractivity contribution >= 4 is 15.5 Å². The second-order valence-corrected chi connectivity index (χ2v) is 8.56. The van der Waals surface area contributed by atoms with Crippen LogP contribution in [0.25, 0.3) is 0 Å². The highest BCUT2D eigenvalue weighted by Gasteiger charge is 2.42. The van der Waals surface area contributed by atoms with E-state index < -0.39 is 14.8 Å². The number of nitrogens with zero attached hydrogens (tertiary/aromatic N) is 2. The van der Waals surface area contributed by atoms with Crippen LogP contribution < -0.4 is 0 Å². The summed E-state index contributed by atoms with van der Waals surface area (Å²) in [4.78, 5) is 12.5. The van der Waals surface area contributed by atoms with Crippen molar-refractivity contribution < 1.29 is 13.3 Å². The highest BCUT2D eigenvalue weighted by Crippen LogP contribution is 2.47. The summed E-state index contributed by atoms with van der Waals surface area (Å²) in [6.45, 7) is 2.54. The van der Waals surface area contributed by atoms with Gasteiger partial charge in [0.25, 0.3) is 5.69 Å². The maximum absolute atomic E-state index is 12.3. The number of rotatable bonds is 5. The van der Waals surface area contributed by atoms with Crippen LogP contribution in [-0.2, 0) is 9.84 Å². The lowest BCUT2D eigenvalue weighted by Gasteiger charge is -2.38. The van der Waals surface area contributed by atoms with Crippen LogP contribution in [0.5, 0.6) is 0 Å². The average molecular weight is 324 g/mol. The van der Waals surface area contributed by atoms with Crippen LogP contribution in [0.3, 0.4) is 0 Å². The van der Waals surface area contributed by atoms with Crippen LogP contribution in [-0.4, -0.2) is 43.6 Å². The van der Waals surface area contributed by atoms with Crippen LogP contribution in [0.1, 0.15) is 25.7 Å². The fraction of sp³-hybridized carbons (Fsp3) is 0.600. The molecule has 3 rings (SSSR count). The molecule has 2 fully saturated rings. The highest BCUT2D eigenvalue weighted by atomic mass is 32.2. The van der Waals surface area contributed by atoms with E-state index in [0.29, 0.717) is 12.0 Å². The molecule has 6 nitrogen and oxygen atoms in total. The number of hydrogen-bond donors (Lipinski definition) is 0. The van der Waals surface area contributed by atoms with Crippen molar-refractivity contribution in [1.82, 2.24) is 4.90 Å².